The van der Waals surface area contributed by atoms with Crippen molar-refractivity contribution in [2.75, 3.05) is 5.32 Å². The molecule has 1 N–H and O–H groups in total. The Balaban J connectivity index is 2.08. The van der Waals surface area contributed by atoms with Gasteiger partial charge in [-0.15, -0.1) is 0 Å². The molecule has 0 aliphatic heterocycles. The predicted molar refractivity (Wildman–Crippen MR) is 88.4 cm³/mol. The number of benzene rings is 1. The van der Waals surface area contributed by atoms with Gasteiger partial charge in [-0.05, 0) is 31.5 Å². The molecular weight excluding hydrogens is 314 g/mol. The van der Waals surface area contributed by atoms with Gasteiger partial charge in [0.1, 0.15) is 17.3 Å². The molecule has 1 atom stereocenters. The van der Waals surface area contributed by atoms with E-state index < -0.39 is 11.6 Å². The number of nitrogens with zero attached hydrogens (tertiary/aromatic N) is 3. The molecular formula is C17H16F2N4O. The number of aromatic nitrogens is 3. The lowest BCUT2D eigenvalue weighted by molar-refractivity contribution is 0.528. The van der Waals surface area contributed by atoms with Crippen LogP contribution < -0.4 is 10.9 Å². The summed E-state index contributed by atoms with van der Waals surface area (Å²) in [4.78, 5) is 20.7. The number of fused-ring (bicyclic) bond motifs is 1. The van der Waals surface area contributed by atoms with Gasteiger partial charge in [0.2, 0.25) is 5.95 Å². The van der Waals surface area contributed by atoms with Crippen molar-refractivity contribution in [3.63, 3.8) is 0 Å². The van der Waals surface area contributed by atoms with Crippen molar-refractivity contribution in [2.24, 2.45) is 0 Å². The minimum Gasteiger partial charge on any atom is -0.324 e. The number of hydrogen-bond donors (Lipinski definition) is 1. The largest absolute Gasteiger partial charge is 0.324 e. The third-order valence-electron chi connectivity index (χ3n) is 3.82. The second kappa shape index (κ2) is 6.35. The number of nitrogens with one attached hydrogen (secondary N) is 1. The highest BCUT2D eigenvalue weighted by atomic mass is 19.1. The molecule has 7 heteroatoms. The minimum atomic E-state index is -0.699. The van der Waals surface area contributed by atoms with Gasteiger partial charge in [0.25, 0.3) is 5.56 Å². The zero-order chi connectivity index (χ0) is 17.3. The molecule has 1 aromatic carbocycles. The molecule has 0 saturated carbocycles. The van der Waals surface area contributed by atoms with Crippen LogP contribution >= 0.6 is 0 Å². The molecule has 0 amide bonds. The van der Waals surface area contributed by atoms with Crippen molar-refractivity contribution in [3.05, 3.63) is 58.5 Å². The van der Waals surface area contributed by atoms with E-state index in [-0.39, 0.29) is 23.2 Å². The van der Waals surface area contributed by atoms with Crippen LogP contribution in [-0.2, 0) is 0 Å². The van der Waals surface area contributed by atoms with Gasteiger partial charge in [0.15, 0.2) is 0 Å². The van der Waals surface area contributed by atoms with Gasteiger partial charge >= 0.3 is 0 Å². The highest BCUT2D eigenvalue weighted by Gasteiger charge is 2.12. The molecule has 0 spiro atoms. The Kier molecular flexibility index (Phi) is 4.24. The topological polar surface area (TPSA) is 59.8 Å². The van der Waals surface area contributed by atoms with Crippen molar-refractivity contribution in [2.45, 2.75) is 26.3 Å². The number of hydrogen-bond acceptors (Lipinski definition) is 4. The maximum Gasteiger partial charge on any atom is 0.252 e. The molecule has 0 aliphatic carbocycles. The molecule has 2 aromatic heterocycles. The Morgan fingerprint density at radius 2 is 1.92 bits per heavy atom. The molecule has 0 aliphatic rings. The highest BCUT2D eigenvalue weighted by Crippen LogP contribution is 2.20. The van der Waals surface area contributed by atoms with E-state index in [1.807, 2.05) is 13.8 Å². The Morgan fingerprint density at radius 1 is 1.21 bits per heavy atom. The van der Waals surface area contributed by atoms with Gasteiger partial charge in [-0.1, -0.05) is 6.92 Å². The molecule has 3 rings (SSSR count). The third-order valence-corrected chi connectivity index (χ3v) is 3.82. The highest BCUT2D eigenvalue weighted by molar-refractivity contribution is 5.75. The van der Waals surface area contributed by atoms with Crippen LogP contribution in [0.3, 0.4) is 0 Å². The molecule has 0 bridgehead atoms. The first-order valence-electron chi connectivity index (χ1n) is 7.59. The van der Waals surface area contributed by atoms with Gasteiger partial charge in [0, 0.05) is 35.4 Å². The summed E-state index contributed by atoms with van der Waals surface area (Å²) in [7, 11) is 0. The van der Waals surface area contributed by atoms with Crippen molar-refractivity contribution < 1.29 is 8.78 Å². The summed E-state index contributed by atoms with van der Waals surface area (Å²) in [6.07, 6.45) is 2.33. The molecule has 0 radical (unpaired) electrons. The molecule has 0 fully saturated rings. The van der Waals surface area contributed by atoms with E-state index in [9.17, 15) is 13.6 Å². The van der Waals surface area contributed by atoms with Gasteiger partial charge in [-0.25, -0.2) is 13.8 Å². The average Bonchev–Trinajstić information content (AvgIpc) is 2.53. The minimum absolute atomic E-state index is 0.0319. The van der Waals surface area contributed by atoms with Crippen LogP contribution in [0.5, 0.6) is 0 Å². The number of anilines is 2. The molecule has 124 valence electrons. The summed E-state index contributed by atoms with van der Waals surface area (Å²) >= 11 is 0. The fourth-order valence-corrected chi connectivity index (χ4v) is 2.46. The van der Waals surface area contributed by atoms with Crippen molar-refractivity contribution in [1.82, 2.24) is 14.5 Å². The van der Waals surface area contributed by atoms with E-state index in [2.05, 4.69) is 15.3 Å². The molecule has 24 heavy (non-hydrogen) atoms. The summed E-state index contributed by atoms with van der Waals surface area (Å²) in [5.74, 6) is -1.24. The predicted octanol–water partition coefficient (Wildman–Crippen LogP) is 3.78. The lowest BCUT2D eigenvalue weighted by Gasteiger charge is -2.15. The molecule has 2 heterocycles. The van der Waals surface area contributed by atoms with Crippen LogP contribution in [0, 0.1) is 11.6 Å². The van der Waals surface area contributed by atoms with Crippen LogP contribution in [-0.4, -0.2) is 14.5 Å². The second-order valence-electron chi connectivity index (χ2n) is 5.55. The van der Waals surface area contributed by atoms with Crippen LogP contribution in [0.2, 0.25) is 0 Å². The van der Waals surface area contributed by atoms with Gasteiger partial charge < -0.3 is 5.32 Å². The lowest BCUT2D eigenvalue weighted by Crippen LogP contribution is -2.23. The fraction of sp³-hybridized carbons (Fsp3) is 0.235. The van der Waals surface area contributed by atoms with Gasteiger partial charge in [0.05, 0.1) is 0 Å². The normalized spacial score (nSPS) is 12.3. The van der Waals surface area contributed by atoms with E-state index >= 15 is 0 Å². The third kappa shape index (κ3) is 3.10. The van der Waals surface area contributed by atoms with Crippen molar-refractivity contribution in [1.29, 1.82) is 0 Å². The standard InChI is InChI=1S/C17H16F2N4O/c1-3-10(2)23-15(24)5-4-11-9-20-17(22-16(11)23)21-14-7-12(18)6-13(19)8-14/h4-10H,3H2,1-2H3,(H,20,21,22). The quantitative estimate of drug-likeness (QED) is 0.791. The maximum absolute atomic E-state index is 13.3. The van der Waals surface area contributed by atoms with Gasteiger partial charge in [-0.2, -0.15) is 4.98 Å². The van der Waals surface area contributed by atoms with E-state index in [0.717, 1.165) is 24.6 Å². The summed E-state index contributed by atoms with van der Waals surface area (Å²) in [6.45, 7) is 3.91. The fourth-order valence-electron chi connectivity index (χ4n) is 2.46. The SMILES string of the molecule is CCC(C)n1c(=O)ccc2cnc(Nc3cc(F)cc(F)c3)nc21. The van der Waals surface area contributed by atoms with E-state index in [4.69, 9.17) is 0 Å². The number of pyridine rings is 1. The van der Waals surface area contributed by atoms with Crippen LogP contribution in [0.4, 0.5) is 20.4 Å². The Bertz CT molecular complexity index is 935. The van der Waals surface area contributed by atoms with E-state index in [0.29, 0.717) is 11.0 Å². The van der Waals surface area contributed by atoms with Crippen molar-refractivity contribution >= 4 is 22.7 Å². The zero-order valence-corrected chi connectivity index (χ0v) is 13.3. The summed E-state index contributed by atoms with van der Waals surface area (Å²) < 4.78 is 28.2. The van der Waals surface area contributed by atoms with Crippen LogP contribution in [0.25, 0.3) is 11.0 Å². The van der Waals surface area contributed by atoms with Crippen LogP contribution in [0.1, 0.15) is 26.3 Å². The second-order valence-corrected chi connectivity index (χ2v) is 5.55. The molecule has 3 aromatic rings. The zero-order valence-electron chi connectivity index (χ0n) is 13.3. The molecule has 5 nitrogen and oxygen atoms in total. The van der Waals surface area contributed by atoms with Crippen LogP contribution in [0.15, 0.2) is 41.3 Å². The maximum atomic E-state index is 13.3. The Labute approximate surface area is 137 Å². The first-order valence-corrected chi connectivity index (χ1v) is 7.59. The summed E-state index contributed by atoms with van der Waals surface area (Å²) in [5.41, 5.74) is 0.518. The summed E-state index contributed by atoms with van der Waals surface area (Å²) in [5, 5.41) is 3.48. The van der Waals surface area contributed by atoms with E-state index in [1.54, 1.807) is 16.8 Å². The van der Waals surface area contributed by atoms with E-state index in [1.165, 1.54) is 6.07 Å². The molecule has 0 saturated heterocycles. The number of rotatable bonds is 4. The van der Waals surface area contributed by atoms with Gasteiger partial charge in [-0.3, -0.25) is 9.36 Å². The first-order chi connectivity index (χ1) is 11.5. The Hall–Kier alpha value is -2.83. The summed E-state index contributed by atoms with van der Waals surface area (Å²) in [6, 6.07) is 6.17. The monoisotopic (exact) mass is 330 g/mol. The smallest absolute Gasteiger partial charge is 0.252 e. The first kappa shape index (κ1) is 16.0. The Morgan fingerprint density at radius 3 is 2.58 bits per heavy atom. The lowest BCUT2D eigenvalue weighted by atomic mass is 10.2. The number of halogens is 2. The van der Waals surface area contributed by atoms with Crippen molar-refractivity contribution in [3.8, 4) is 0 Å². The molecule has 1 unspecified atom stereocenters. The average molecular weight is 330 g/mol.